The zero-order valence-electron chi connectivity index (χ0n) is 10.5. The van der Waals surface area contributed by atoms with Crippen molar-refractivity contribution < 1.29 is 14.4 Å². The van der Waals surface area contributed by atoms with Crippen LogP contribution in [-0.4, -0.2) is 28.2 Å². The minimum absolute atomic E-state index is 0.250. The summed E-state index contributed by atoms with van der Waals surface area (Å²) in [4.78, 5) is 28.1. The molecule has 104 valence electrons. The van der Waals surface area contributed by atoms with Gasteiger partial charge in [0.15, 0.2) is 5.78 Å². The van der Waals surface area contributed by atoms with Gasteiger partial charge in [-0.05, 0) is 30.7 Å². The van der Waals surface area contributed by atoms with Crippen molar-refractivity contribution in [3.05, 3.63) is 47.5 Å². The lowest BCUT2D eigenvalue weighted by atomic mass is 9.97. The van der Waals surface area contributed by atoms with E-state index >= 15 is 0 Å². The van der Waals surface area contributed by atoms with E-state index in [1.165, 1.54) is 6.08 Å². The molecule has 0 saturated heterocycles. The van der Waals surface area contributed by atoms with Gasteiger partial charge in [-0.15, -0.1) is 23.2 Å². The number of allylic oxidation sites excluding steroid dienone is 2. The molecule has 0 aliphatic heterocycles. The lowest BCUT2D eigenvalue weighted by Gasteiger charge is -2.20. The van der Waals surface area contributed by atoms with Crippen molar-refractivity contribution >= 4 is 40.7 Å². The maximum absolute atomic E-state index is 11.7. The third kappa shape index (κ3) is 3.08. The lowest BCUT2D eigenvalue weighted by molar-refractivity contribution is -0.115. The first-order chi connectivity index (χ1) is 9.50. The summed E-state index contributed by atoms with van der Waals surface area (Å²) >= 11 is 11.9. The van der Waals surface area contributed by atoms with Gasteiger partial charge in [-0.2, -0.15) is 0 Å². The van der Waals surface area contributed by atoms with Crippen LogP contribution in [-0.2, 0) is 9.63 Å². The molecular weight excluding hydrogens is 301 g/mol. The SMILES string of the molecule is CC1=C/C(=N/OC(=O)c2ccccc2)[C@@H](Cl)[C@H](Cl)C1=O. The zero-order chi connectivity index (χ0) is 14.7. The number of carbonyl (C=O) groups is 2. The molecule has 1 aromatic rings. The molecule has 2 rings (SSSR count). The minimum atomic E-state index is -0.907. The molecule has 0 spiro atoms. The summed E-state index contributed by atoms with van der Waals surface area (Å²) in [6.07, 6.45) is 1.47. The number of hydrogen-bond donors (Lipinski definition) is 0. The summed E-state index contributed by atoms with van der Waals surface area (Å²) in [6, 6.07) is 8.43. The second kappa shape index (κ2) is 6.20. The Morgan fingerprint density at radius 1 is 1.20 bits per heavy atom. The highest BCUT2D eigenvalue weighted by molar-refractivity contribution is 6.48. The highest BCUT2D eigenvalue weighted by Crippen LogP contribution is 2.23. The molecule has 0 saturated carbocycles. The van der Waals surface area contributed by atoms with Crippen LogP contribution >= 0.6 is 23.2 Å². The van der Waals surface area contributed by atoms with Crippen LogP contribution in [0, 0.1) is 0 Å². The third-order valence-corrected chi connectivity index (χ3v) is 3.84. The van der Waals surface area contributed by atoms with Gasteiger partial charge in [0.1, 0.15) is 16.5 Å². The topological polar surface area (TPSA) is 55.7 Å². The highest BCUT2D eigenvalue weighted by Gasteiger charge is 2.33. The number of halogens is 2. The van der Waals surface area contributed by atoms with Crippen molar-refractivity contribution in [1.29, 1.82) is 0 Å². The average molecular weight is 312 g/mol. The second-order valence-electron chi connectivity index (χ2n) is 4.26. The van der Waals surface area contributed by atoms with Crippen LogP contribution in [0.2, 0.25) is 0 Å². The molecule has 2 atom stereocenters. The van der Waals surface area contributed by atoms with Crippen LogP contribution in [0.4, 0.5) is 0 Å². The number of hydrogen-bond acceptors (Lipinski definition) is 4. The Kier molecular flexibility index (Phi) is 4.57. The molecule has 0 N–H and O–H groups in total. The lowest BCUT2D eigenvalue weighted by Crippen LogP contribution is -2.36. The molecule has 1 aliphatic carbocycles. The highest BCUT2D eigenvalue weighted by atomic mass is 35.5. The standard InChI is InChI=1S/C14H11Cl2NO3/c1-8-7-10(11(15)12(16)13(8)18)17-20-14(19)9-5-3-2-4-6-9/h2-7,11-12H,1H3/b17-10-/t11-,12+/m1/s1. The summed E-state index contributed by atoms with van der Waals surface area (Å²) in [5.41, 5.74) is 1.06. The normalized spacial score (nSPS) is 24.4. The van der Waals surface area contributed by atoms with Gasteiger partial charge in [-0.3, -0.25) is 4.79 Å². The van der Waals surface area contributed by atoms with Crippen molar-refractivity contribution in [2.24, 2.45) is 5.16 Å². The third-order valence-electron chi connectivity index (χ3n) is 2.79. The molecule has 0 unspecified atom stereocenters. The molecule has 20 heavy (non-hydrogen) atoms. The monoisotopic (exact) mass is 311 g/mol. The van der Waals surface area contributed by atoms with E-state index in [4.69, 9.17) is 28.0 Å². The summed E-state index contributed by atoms with van der Waals surface area (Å²) in [5, 5.41) is 1.97. The van der Waals surface area contributed by atoms with Gasteiger partial charge in [0.05, 0.1) is 5.56 Å². The van der Waals surface area contributed by atoms with Gasteiger partial charge in [-0.1, -0.05) is 23.4 Å². The summed E-state index contributed by atoms with van der Waals surface area (Å²) < 4.78 is 0. The fraction of sp³-hybridized carbons (Fsp3) is 0.214. The van der Waals surface area contributed by atoms with Gasteiger partial charge < -0.3 is 4.84 Å². The summed E-state index contributed by atoms with van der Waals surface area (Å²) in [6.45, 7) is 1.61. The van der Waals surface area contributed by atoms with E-state index in [1.54, 1.807) is 37.3 Å². The van der Waals surface area contributed by atoms with E-state index in [9.17, 15) is 9.59 Å². The Bertz CT molecular complexity index is 596. The van der Waals surface area contributed by atoms with Crippen molar-refractivity contribution in [3.8, 4) is 0 Å². The van der Waals surface area contributed by atoms with E-state index < -0.39 is 16.7 Å². The van der Waals surface area contributed by atoms with Gasteiger partial charge >= 0.3 is 5.97 Å². The van der Waals surface area contributed by atoms with Crippen LogP contribution in [0.25, 0.3) is 0 Å². The van der Waals surface area contributed by atoms with E-state index in [2.05, 4.69) is 5.16 Å². The number of alkyl halides is 2. The van der Waals surface area contributed by atoms with Gasteiger partial charge in [0.25, 0.3) is 0 Å². The maximum atomic E-state index is 11.7. The second-order valence-corrected chi connectivity index (χ2v) is 5.20. The average Bonchev–Trinajstić information content (AvgIpc) is 2.48. The quantitative estimate of drug-likeness (QED) is 0.479. The Balaban J connectivity index is 2.16. The maximum Gasteiger partial charge on any atom is 0.365 e. The molecule has 1 aromatic carbocycles. The Hall–Kier alpha value is -1.65. The molecule has 0 heterocycles. The Morgan fingerprint density at radius 3 is 2.50 bits per heavy atom. The van der Waals surface area contributed by atoms with Crippen molar-refractivity contribution in [1.82, 2.24) is 0 Å². The van der Waals surface area contributed by atoms with Crippen molar-refractivity contribution in [3.63, 3.8) is 0 Å². The smallest absolute Gasteiger partial charge is 0.312 e. The largest absolute Gasteiger partial charge is 0.365 e. The van der Waals surface area contributed by atoms with Crippen LogP contribution in [0.3, 0.4) is 0 Å². The fourth-order valence-corrected chi connectivity index (χ4v) is 2.19. The number of benzene rings is 1. The Morgan fingerprint density at radius 2 is 1.85 bits per heavy atom. The zero-order valence-corrected chi connectivity index (χ0v) is 12.1. The number of carbonyl (C=O) groups excluding carboxylic acids is 2. The van der Waals surface area contributed by atoms with E-state index in [0.29, 0.717) is 11.1 Å². The number of ketones is 1. The van der Waals surface area contributed by atoms with Crippen LogP contribution in [0.5, 0.6) is 0 Å². The van der Waals surface area contributed by atoms with Crippen LogP contribution in [0.15, 0.2) is 47.1 Å². The molecule has 0 radical (unpaired) electrons. The predicted octanol–water partition coefficient (Wildman–Crippen LogP) is 2.94. The Labute approximate surface area is 126 Å². The molecule has 0 fully saturated rings. The molecular formula is C14H11Cl2NO3. The first-order valence-corrected chi connectivity index (χ1v) is 6.73. The van der Waals surface area contributed by atoms with Crippen LogP contribution < -0.4 is 0 Å². The van der Waals surface area contributed by atoms with Crippen LogP contribution in [0.1, 0.15) is 17.3 Å². The number of oxime groups is 1. The molecule has 0 aromatic heterocycles. The fourth-order valence-electron chi connectivity index (χ4n) is 1.67. The van der Waals surface area contributed by atoms with E-state index in [1.807, 2.05) is 0 Å². The molecule has 4 nitrogen and oxygen atoms in total. The first-order valence-electron chi connectivity index (χ1n) is 5.85. The van der Waals surface area contributed by atoms with Crippen molar-refractivity contribution in [2.75, 3.05) is 0 Å². The minimum Gasteiger partial charge on any atom is -0.312 e. The van der Waals surface area contributed by atoms with Crippen molar-refractivity contribution in [2.45, 2.75) is 17.7 Å². The van der Waals surface area contributed by atoms with Gasteiger partial charge in [0, 0.05) is 0 Å². The first kappa shape index (κ1) is 14.8. The summed E-state index contributed by atoms with van der Waals surface area (Å²) in [5.74, 6) is -0.851. The molecule has 1 aliphatic rings. The van der Waals surface area contributed by atoms with Gasteiger partial charge in [-0.25, -0.2) is 4.79 Å². The van der Waals surface area contributed by atoms with E-state index in [0.717, 1.165) is 0 Å². The van der Waals surface area contributed by atoms with Gasteiger partial charge in [0.2, 0.25) is 0 Å². The van der Waals surface area contributed by atoms with E-state index in [-0.39, 0.29) is 11.5 Å². The molecule has 0 amide bonds. The molecule has 0 bridgehead atoms. The number of Topliss-reactive ketones (excluding diaryl/α,β-unsaturated/α-hetero) is 1. The number of nitrogens with zero attached hydrogens (tertiary/aromatic N) is 1. The predicted molar refractivity (Wildman–Crippen MR) is 77.3 cm³/mol. The summed E-state index contributed by atoms with van der Waals surface area (Å²) in [7, 11) is 0. The number of rotatable bonds is 2. The molecule has 6 heteroatoms.